The molecule has 0 fully saturated rings. The zero-order valence-electron chi connectivity index (χ0n) is 8.37. The molecule has 0 aliphatic heterocycles. The molecule has 0 aliphatic rings. The van der Waals surface area contributed by atoms with Gasteiger partial charge in [-0.15, -0.1) is 11.3 Å². The zero-order valence-corrected chi connectivity index (χ0v) is 10.8. The lowest BCUT2D eigenvalue weighted by atomic mass is 10.1. The Morgan fingerprint density at radius 2 is 2.29 bits per heavy atom. The van der Waals surface area contributed by atoms with E-state index in [1.807, 2.05) is 25.3 Å². The molecule has 0 spiro atoms. The molecule has 2 atom stereocenters. The van der Waals surface area contributed by atoms with Gasteiger partial charge in [0.1, 0.15) is 6.10 Å². The SMILES string of the molecule is CCOC(CC)C(O)c1sccc1Br. The van der Waals surface area contributed by atoms with Gasteiger partial charge >= 0.3 is 0 Å². The summed E-state index contributed by atoms with van der Waals surface area (Å²) in [6, 6.07) is 1.95. The molecular weight excluding hydrogens is 264 g/mol. The summed E-state index contributed by atoms with van der Waals surface area (Å²) < 4.78 is 6.43. The molecule has 1 heterocycles. The zero-order chi connectivity index (χ0) is 10.6. The predicted molar refractivity (Wildman–Crippen MR) is 62.7 cm³/mol. The standard InChI is InChI=1S/C10H15BrO2S/c1-3-8(13-4-2)9(12)10-7(11)5-6-14-10/h5-6,8-9,12H,3-4H2,1-2H3. The normalized spacial score (nSPS) is 15.4. The summed E-state index contributed by atoms with van der Waals surface area (Å²) in [4.78, 5) is 0.949. The Labute approximate surface area is 97.0 Å². The van der Waals surface area contributed by atoms with Crippen LogP contribution in [-0.4, -0.2) is 17.8 Å². The molecular formula is C10H15BrO2S. The summed E-state index contributed by atoms with van der Waals surface area (Å²) in [5.41, 5.74) is 0. The van der Waals surface area contributed by atoms with E-state index in [1.54, 1.807) is 11.3 Å². The van der Waals surface area contributed by atoms with Crippen LogP contribution < -0.4 is 0 Å². The lowest BCUT2D eigenvalue weighted by molar-refractivity contribution is -0.0343. The van der Waals surface area contributed by atoms with Gasteiger partial charge in [-0.2, -0.15) is 0 Å². The Kier molecular flexibility index (Phi) is 5.09. The molecule has 1 aromatic rings. The van der Waals surface area contributed by atoms with Gasteiger partial charge in [-0.1, -0.05) is 6.92 Å². The van der Waals surface area contributed by atoms with Gasteiger partial charge in [-0.3, -0.25) is 0 Å². The summed E-state index contributed by atoms with van der Waals surface area (Å²) >= 11 is 4.96. The maximum atomic E-state index is 10.0. The highest BCUT2D eigenvalue weighted by atomic mass is 79.9. The van der Waals surface area contributed by atoms with Crippen molar-refractivity contribution in [2.75, 3.05) is 6.61 Å². The number of thiophene rings is 1. The highest BCUT2D eigenvalue weighted by molar-refractivity contribution is 9.10. The van der Waals surface area contributed by atoms with Crippen molar-refractivity contribution in [3.63, 3.8) is 0 Å². The smallest absolute Gasteiger partial charge is 0.115 e. The molecule has 0 bridgehead atoms. The average molecular weight is 279 g/mol. The molecule has 1 N–H and O–H groups in total. The number of halogens is 1. The molecule has 0 amide bonds. The number of aliphatic hydroxyl groups excluding tert-OH is 1. The van der Waals surface area contributed by atoms with Crippen molar-refractivity contribution in [3.05, 3.63) is 20.8 Å². The Balaban J connectivity index is 2.72. The van der Waals surface area contributed by atoms with Crippen LogP contribution in [0.4, 0.5) is 0 Å². The Hall–Kier alpha value is 0.100. The number of hydrogen-bond acceptors (Lipinski definition) is 3. The summed E-state index contributed by atoms with van der Waals surface area (Å²) in [5, 5.41) is 12.0. The van der Waals surface area contributed by atoms with Crippen LogP contribution in [0.15, 0.2) is 15.9 Å². The minimum absolute atomic E-state index is 0.102. The quantitative estimate of drug-likeness (QED) is 0.895. The molecule has 1 aromatic heterocycles. The summed E-state index contributed by atoms with van der Waals surface area (Å²) in [6.07, 6.45) is 0.198. The summed E-state index contributed by atoms with van der Waals surface area (Å²) in [5.74, 6) is 0. The second-order valence-corrected chi connectivity index (χ2v) is 4.78. The first-order chi connectivity index (χ1) is 6.70. The van der Waals surface area contributed by atoms with Crippen molar-refractivity contribution in [1.29, 1.82) is 0 Å². The first kappa shape index (κ1) is 12.2. The van der Waals surface area contributed by atoms with Gasteiger partial charge in [0.05, 0.1) is 6.10 Å². The largest absolute Gasteiger partial charge is 0.385 e. The monoisotopic (exact) mass is 278 g/mol. The van der Waals surface area contributed by atoms with E-state index in [1.165, 1.54) is 0 Å². The Morgan fingerprint density at radius 3 is 2.71 bits per heavy atom. The highest BCUT2D eigenvalue weighted by Gasteiger charge is 2.22. The molecule has 0 aromatic carbocycles. The molecule has 2 unspecified atom stereocenters. The van der Waals surface area contributed by atoms with Crippen LogP contribution in [-0.2, 0) is 4.74 Å². The van der Waals surface area contributed by atoms with Crippen molar-refractivity contribution < 1.29 is 9.84 Å². The van der Waals surface area contributed by atoms with Crippen LogP contribution in [0.25, 0.3) is 0 Å². The second kappa shape index (κ2) is 5.85. The van der Waals surface area contributed by atoms with E-state index in [9.17, 15) is 5.11 Å². The van der Waals surface area contributed by atoms with Crippen molar-refractivity contribution in [1.82, 2.24) is 0 Å². The fourth-order valence-corrected chi connectivity index (χ4v) is 2.98. The van der Waals surface area contributed by atoms with Gasteiger partial charge < -0.3 is 9.84 Å². The van der Waals surface area contributed by atoms with Crippen LogP contribution in [0.3, 0.4) is 0 Å². The van der Waals surface area contributed by atoms with Gasteiger partial charge in [-0.05, 0) is 40.7 Å². The first-order valence-electron chi connectivity index (χ1n) is 4.73. The first-order valence-corrected chi connectivity index (χ1v) is 6.40. The third kappa shape index (κ3) is 2.79. The fraction of sp³-hybridized carbons (Fsp3) is 0.600. The van der Waals surface area contributed by atoms with Crippen molar-refractivity contribution in [3.8, 4) is 0 Å². The van der Waals surface area contributed by atoms with Gasteiger partial charge in [0.2, 0.25) is 0 Å². The van der Waals surface area contributed by atoms with E-state index in [4.69, 9.17) is 4.74 Å². The molecule has 0 radical (unpaired) electrons. The van der Waals surface area contributed by atoms with E-state index in [-0.39, 0.29) is 6.10 Å². The molecule has 0 saturated heterocycles. The third-order valence-electron chi connectivity index (χ3n) is 2.05. The lowest BCUT2D eigenvalue weighted by Crippen LogP contribution is -2.20. The van der Waals surface area contributed by atoms with E-state index in [0.29, 0.717) is 6.61 Å². The Bertz CT molecular complexity index is 275. The van der Waals surface area contributed by atoms with Crippen molar-refractivity contribution in [2.24, 2.45) is 0 Å². The van der Waals surface area contributed by atoms with E-state index in [0.717, 1.165) is 15.8 Å². The van der Waals surface area contributed by atoms with E-state index >= 15 is 0 Å². The second-order valence-electron chi connectivity index (χ2n) is 2.98. The molecule has 2 nitrogen and oxygen atoms in total. The van der Waals surface area contributed by atoms with Gasteiger partial charge in [-0.25, -0.2) is 0 Å². The van der Waals surface area contributed by atoms with E-state index < -0.39 is 6.10 Å². The maximum absolute atomic E-state index is 10.0. The number of ether oxygens (including phenoxy) is 1. The van der Waals surface area contributed by atoms with Gasteiger partial charge in [0.25, 0.3) is 0 Å². The summed E-state index contributed by atoms with van der Waals surface area (Å²) in [6.45, 7) is 4.60. The van der Waals surface area contributed by atoms with Crippen LogP contribution >= 0.6 is 27.3 Å². The molecule has 0 saturated carbocycles. The average Bonchev–Trinajstić information content (AvgIpc) is 2.59. The molecule has 0 aliphatic carbocycles. The predicted octanol–water partition coefficient (Wildman–Crippen LogP) is 3.36. The van der Waals surface area contributed by atoms with Crippen LogP contribution in [0, 0.1) is 0 Å². The summed E-state index contributed by atoms with van der Waals surface area (Å²) in [7, 11) is 0. The van der Waals surface area contributed by atoms with Crippen LogP contribution in [0.1, 0.15) is 31.2 Å². The number of rotatable bonds is 5. The van der Waals surface area contributed by atoms with E-state index in [2.05, 4.69) is 15.9 Å². The van der Waals surface area contributed by atoms with Crippen LogP contribution in [0.2, 0.25) is 0 Å². The highest BCUT2D eigenvalue weighted by Crippen LogP contribution is 2.32. The molecule has 4 heteroatoms. The minimum atomic E-state index is -0.519. The minimum Gasteiger partial charge on any atom is -0.385 e. The van der Waals surface area contributed by atoms with Gasteiger partial charge in [0, 0.05) is 16.0 Å². The van der Waals surface area contributed by atoms with Crippen molar-refractivity contribution >= 4 is 27.3 Å². The maximum Gasteiger partial charge on any atom is 0.115 e. The number of aliphatic hydroxyl groups is 1. The Morgan fingerprint density at radius 1 is 1.57 bits per heavy atom. The van der Waals surface area contributed by atoms with Gasteiger partial charge in [0.15, 0.2) is 0 Å². The number of hydrogen-bond donors (Lipinski definition) is 1. The topological polar surface area (TPSA) is 29.5 Å². The third-order valence-corrected chi connectivity index (χ3v) is 3.99. The molecule has 14 heavy (non-hydrogen) atoms. The molecule has 80 valence electrons. The fourth-order valence-electron chi connectivity index (χ4n) is 1.33. The molecule has 1 rings (SSSR count). The lowest BCUT2D eigenvalue weighted by Gasteiger charge is -2.20. The van der Waals surface area contributed by atoms with Crippen LogP contribution in [0.5, 0.6) is 0 Å². The van der Waals surface area contributed by atoms with Crippen molar-refractivity contribution in [2.45, 2.75) is 32.5 Å².